The SMILES string of the molecule is [2H]CCCCCCCCCCCCCCCCCCCCC(=O)NCC(=O)O. The lowest BCUT2D eigenvalue weighted by molar-refractivity contribution is -0.137. The van der Waals surface area contributed by atoms with Gasteiger partial charge in [-0.25, -0.2) is 0 Å². The van der Waals surface area contributed by atoms with Crippen molar-refractivity contribution in [1.82, 2.24) is 5.32 Å². The van der Waals surface area contributed by atoms with Crippen molar-refractivity contribution >= 4 is 11.9 Å². The molecule has 0 aromatic carbocycles. The summed E-state index contributed by atoms with van der Waals surface area (Å²) in [7, 11) is 0. The van der Waals surface area contributed by atoms with Crippen LogP contribution in [-0.4, -0.2) is 23.5 Å². The van der Waals surface area contributed by atoms with Gasteiger partial charge in [0, 0.05) is 7.79 Å². The molecule has 0 saturated carbocycles. The number of unbranched alkanes of at least 4 members (excludes halogenated alkanes) is 17. The summed E-state index contributed by atoms with van der Waals surface area (Å²) in [6.07, 6.45) is 23.5. The standard InChI is InChI=1S/C23H45NO3/c1-2-3-4-5-6-7-8-9-10-11-12-13-14-15-16-17-18-19-20-22(25)24-21-23(26)27/h2-21H2,1H3,(H,24,25)(H,26,27)/i1D. The van der Waals surface area contributed by atoms with Gasteiger partial charge in [-0.2, -0.15) is 0 Å². The molecule has 0 aromatic rings. The minimum Gasteiger partial charge on any atom is -0.480 e. The third-order valence-electron chi connectivity index (χ3n) is 5.09. The molecular weight excluding hydrogens is 338 g/mol. The Morgan fingerprint density at radius 1 is 0.667 bits per heavy atom. The highest BCUT2D eigenvalue weighted by molar-refractivity contribution is 5.80. The van der Waals surface area contributed by atoms with Gasteiger partial charge in [0.15, 0.2) is 0 Å². The molecule has 0 aromatic heterocycles. The Kier molecular flexibility index (Phi) is 18.9. The molecule has 0 bridgehead atoms. The zero-order chi connectivity index (χ0) is 20.7. The van der Waals surface area contributed by atoms with E-state index in [1.165, 1.54) is 96.3 Å². The Hall–Kier alpha value is -1.06. The van der Waals surface area contributed by atoms with Crippen molar-refractivity contribution in [2.24, 2.45) is 0 Å². The number of carboxylic acid groups (broad SMARTS) is 1. The minimum absolute atomic E-state index is 0.150. The molecule has 1 amide bonds. The maximum atomic E-state index is 11.3. The summed E-state index contributed by atoms with van der Waals surface area (Å²) in [5, 5.41) is 10.9. The van der Waals surface area contributed by atoms with E-state index in [9.17, 15) is 9.59 Å². The number of hydrogen-bond donors (Lipinski definition) is 2. The van der Waals surface area contributed by atoms with Crippen molar-refractivity contribution in [2.75, 3.05) is 6.54 Å². The number of carbonyl (C=O) groups is 2. The monoisotopic (exact) mass is 384 g/mol. The number of amides is 1. The van der Waals surface area contributed by atoms with Crippen LogP contribution in [0.5, 0.6) is 0 Å². The highest BCUT2D eigenvalue weighted by atomic mass is 16.4. The first-order valence-electron chi connectivity index (χ1n) is 12.1. The fourth-order valence-electron chi connectivity index (χ4n) is 3.38. The van der Waals surface area contributed by atoms with Gasteiger partial charge >= 0.3 is 5.97 Å². The summed E-state index contributed by atoms with van der Waals surface area (Å²) in [5.74, 6) is -1.14. The van der Waals surface area contributed by atoms with Crippen LogP contribution in [0.25, 0.3) is 0 Å². The van der Waals surface area contributed by atoms with Gasteiger partial charge in [0.1, 0.15) is 6.54 Å². The Morgan fingerprint density at radius 2 is 1.04 bits per heavy atom. The molecular formula is C23H45NO3. The van der Waals surface area contributed by atoms with Gasteiger partial charge in [-0.15, -0.1) is 0 Å². The van der Waals surface area contributed by atoms with E-state index in [4.69, 9.17) is 6.48 Å². The molecule has 0 spiro atoms. The molecule has 160 valence electrons. The van der Waals surface area contributed by atoms with Crippen molar-refractivity contribution in [3.63, 3.8) is 0 Å². The molecule has 0 rings (SSSR count). The van der Waals surface area contributed by atoms with Crippen LogP contribution in [0.4, 0.5) is 0 Å². The van der Waals surface area contributed by atoms with Gasteiger partial charge in [0.2, 0.25) is 5.91 Å². The molecule has 0 atom stereocenters. The van der Waals surface area contributed by atoms with Crippen LogP contribution in [0, 0.1) is 0 Å². The molecule has 0 aliphatic rings. The molecule has 0 radical (unpaired) electrons. The van der Waals surface area contributed by atoms with Gasteiger partial charge < -0.3 is 10.4 Å². The average Bonchev–Trinajstić information content (AvgIpc) is 2.68. The average molecular weight is 385 g/mol. The first-order valence-corrected chi connectivity index (χ1v) is 11.4. The van der Waals surface area contributed by atoms with Gasteiger partial charge in [-0.1, -0.05) is 116 Å². The fraction of sp³-hybridized carbons (Fsp3) is 0.913. The van der Waals surface area contributed by atoms with Crippen LogP contribution in [0.1, 0.15) is 130 Å². The van der Waals surface area contributed by atoms with Crippen molar-refractivity contribution in [2.45, 2.75) is 129 Å². The lowest BCUT2D eigenvalue weighted by Crippen LogP contribution is -2.28. The molecule has 4 heteroatoms. The zero-order valence-electron chi connectivity index (χ0n) is 18.6. The van der Waals surface area contributed by atoms with Crippen molar-refractivity contribution < 1.29 is 16.1 Å². The van der Waals surface area contributed by atoms with Crippen LogP contribution in [0.15, 0.2) is 0 Å². The summed E-state index contributed by atoms with van der Waals surface area (Å²) >= 11 is 0. The van der Waals surface area contributed by atoms with Gasteiger partial charge in [-0.3, -0.25) is 9.59 Å². The molecule has 0 heterocycles. The summed E-state index contributed by atoms with van der Waals surface area (Å²) in [6, 6.07) is 0. The summed E-state index contributed by atoms with van der Waals surface area (Å²) in [5.41, 5.74) is 0. The smallest absolute Gasteiger partial charge is 0.322 e. The fourth-order valence-corrected chi connectivity index (χ4v) is 3.38. The largest absolute Gasteiger partial charge is 0.480 e. The maximum absolute atomic E-state index is 11.3. The summed E-state index contributed by atoms with van der Waals surface area (Å²) in [4.78, 5) is 21.7. The van der Waals surface area contributed by atoms with E-state index >= 15 is 0 Å². The van der Waals surface area contributed by atoms with Crippen LogP contribution in [0.3, 0.4) is 0 Å². The number of aliphatic carboxylic acids is 1. The van der Waals surface area contributed by atoms with E-state index in [0.29, 0.717) is 13.3 Å². The van der Waals surface area contributed by atoms with Crippen molar-refractivity contribution in [3.05, 3.63) is 0 Å². The lowest BCUT2D eigenvalue weighted by atomic mass is 10.0. The van der Waals surface area contributed by atoms with Crippen LogP contribution < -0.4 is 5.32 Å². The van der Waals surface area contributed by atoms with E-state index in [1.54, 1.807) is 0 Å². The molecule has 2 N–H and O–H groups in total. The number of hydrogen-bond acceptors (Lipinski definition) is 2. The van der Waals surface area contributed by atoms with Crippen LogP contribution >= 0.6 is 0 Å². The molecule has 27 heavy (non-hydrogen) atoms. The molecule has 0 saturated heterocycles. The number of nitrogens with one attached hydrogen (secondary N) is 1. The maximum Gasteiger partial charge on any atom is 0.322 e. The van der Waals surface area contributed by atoms with E-state index < -0.39 is 5.97 Å². The Bertz CT molecular complexity index is 364. The predicted octanol–water partition coefficient (Wildman–Crippen LogP) is 6.62. The Morgan fingerprint density at radius 3 is 1.41 bits per heavy atom. The predicted molar refractivity (Wildman–Crippen MR) is 114 cm³/mol. The minimum atomic E-state index is -0.990. The third kappa shape index (κ3) is 22.9. The third-order valence-corrected chi connectivity index (χ3v) is 5.09. The van der Waals surface area contributed by atoms with E-state index in [1.807, 2.05) is 0 Å². The summed E-state index contributed by atoms with van der Waals surface area (Å²) < 4.78 is 7.11. The van der Waals surface area contributed by atoms with Crippen molar-refractivity contribution in [1.29, 1.82) is 0 Å². The lowest BCUT2D eigenvalue weighted by Gasteiger charge is -2.04. The van der Waals surface area contributed by atoms with Gasteiger partial charge in [0.25, 0.3) is 0 Å². The topological polar surface area (TPSA) is 66.4 Å². The molecule has 0 aliphatic heterocycles. The molecule has 0 fully saturated rings. The van der Waals surface area contributed by atoms with E-state index in [2.05, 4.69) is 5.32 Å². The highest BCUT2D eigenvalue weighted by Crippen LogP contribution is 2.14. The second kappa shape index (κ2) is 21.2. The normalized spacial score (nSPS) is 11.3. The molecule has 4 nitrogen and oxygen atoms in total. The van der Waals surface area contributed by atoms with E-state index in [-0.39, 0.29) is 12.5 Å². The van der Waals surface area contributed by atoms with Crippen LogP contribution in [0.2, 0.25) is 0 Å². The molecule has 0 aliphatic carbocycles. The first-order chi connectivity index (χ1) is 13.7. The summed E-state index contributed by atoms with van der Waals surface area (Å²) in [6.45, 7) is 0.324. The van der Waals surface area contributed by atoms with Crippen molar-refractivity contribution in [3.8, 4) is 0 Å². The van der Waals surface area contributed by atoms with E-state index in [0.717, 1.165) is 19.3 Å². The highest BCUT2D eigenvalue weighted by Gasteiger charge is 2.03. The number of carbonyl (C=O) groups excluding carboxylic acids is 1. The Balaban J connectivity index is 3.08. The number of carboxylic acids is 1. The Labute approximate surface area is 169 Å². The van der Waals surface area contributed by atoms with Gasteiger partial charge in [0.05, 0.1) is 0 Å². The van der Waals surface area contributed by atoms with Crippen LogP contribution in [-0.2, 0) is 9.59 Å². The van der Waals surface area contributed by atoms with Gasteiger partial charge in [-0.05, 0) is 6.42 Å². The zero-order valence-corrected chi connectivity index (χ0v) is 17.6. The second-order valence-corrected chi connectivity index (χ2v) is 7.78. The quantitative estimate of drug-likeness (QED) is 0.219. The molecule has 0 unspecified atom stereocenters. The first kappa shape index (κ1) is 24.0. The second-order valence-electron chi connectivity index (χ2n) is 7.78. The number of rotatable bonds is 21.